The second kappa shape index (κ2) is 8.83. The zero-order valence-electron chi connectivity index (χ0n) is 17.9. The van der Waals surface area contributed by atoms with Crippen LogP contribution < -0.4 is 10.5 Å². The first-order valence-electron chi connectivity index (χ1n) is 10.8. The van der Waals surface area contributed by atoms with Crippen LogP contribution in [-0.2, 0) is 6.54 Å². The van der Waals surface area contributed by atoms with Crippen LogP contribution in [0.4, 0.5) is 5.69 Å². The number of anilines is 1. The van der Waals surface area contributed by atoms with Gasteiger partial charge in [-0.25, -0.2) is 4.98 Å². The highest BCUT2D eigenvalue weighted by molar-refractivity contribution is 5.92. The number of para-hydroxylation sites is 1. The van der Waals surface area contributed by atoms with Gasteiger partial charge >= 0.3 is 0 Å². The van der Waals surface area contributed by atoms with Gasteiger partial charge < -0.3 is 14.9 Å². The first-order chi connectivity index (χ1) is 16.1. The van der Waals surface area contributed by atoms with E-state index in [0.29, 0.717) is 42.8 Å². The Morgan fingerprint density at radius 3 is 2.55 bits per heavy atom. The summed E-state index contributed by atoms with van der Waals surface area (Å²) < 4.78 is 1.40. The lowest BCUT2D eigenvalue weighted by molar-refractivity contribution is 0.0740. The van der Waals surface area contributed by atoms with Crippen molar-refractivity contribution in [2.24, 2.45) is 0 Å². The maximum Gasteiger partial charge on any atom is 0.276 e. The zero-order chi connectivity index (χ0) is 22.8. The molecule has 2 aromatic carbocycles. The number of hydrogen-bond acceptors (Lipinski definition) is 7. The predicted octanol–water partition coefficient (Wildman–Crippen LogP) is 0.932. The molecule has 1 amide bonds. The second-order valence-electron chi connectivity index (χ2n) is 7.80. The van der Waals surface area contributed by atoms with Crippen LogP contribution in [0.1, 0.15) is 10.5 Å². The van der Waals surface area contributed by atoms with Gasteiger partial charge in [0.1, 0.15) is 0 Å². The number of hydrogen-bond donors (Lipinski definition) is 1. The summed E-state index contributed by atoms with van der Waals surface area (Å²) in [6.07, 6.45) is 2.96. The van der Waals surface area contributed by atoms with Crippen molar-refractivity contribution in [3.63, 3.8) is 0 Å². The minimum atomic E-state index is -0.167. The number of fused-ring (bicyclic) bond motifs is 1. The van der Waals surface area contributed by atoms with E-state index in [9.17, 15) is 9.59 Å². The Hall–Kier alpha value is -4.05. The number of nitrogens with zero attached hydrogens (tertiary/aromatic N) is 7. The summed E-state index contributed by atoms with van der Waals surface area (Å²) in [5.41, 5.74) is 2.52. The molecular formula is C23H23N7O3. The largest absolute Gasteiger partial charge is 0.395 e. The molecule has 1 N–H and O–H groups in total. The quantitative estimate of drug-likeness (QED) is 0.487. The third-order valence-corrected chi connectivity index (χ3v) is 5.78. The molecule has 10 nitrogen and oxygen atoms in total. The molecule has 1 aliphatic rings. The summed E-state index contributed by atoms with van der Waals surface area (Å²) in [7, 11) is 0. The fourth-order valence-corrected chi connectivity index (χ4v) is 3.99. The van der Waals surface area contributed by atoms with Gasteiger partial charge in [-0.1, -0.05) is 18.2 Å². The minimum Gasteiger partial charge on any atom is -0.395 e. The maximum absolute atomic E-state index is 12.9. The Labute approximate surface area is 189 Å². The number of carbonyl (C=O) groups is 1. The van der Waals surface area contributed by atoms with E-state index >= 15 is 0 Å². The lowest BCUT2D eigenvalue weighted by atomic mass is 10.2. The highest BCUT2D eigenvalue weighted by atomic mass is 16.3. The number of aliphatic hydroxyl groups excluding tert-OH is 1. The van der Waals surface area contributed by atoms with Gasteiger partial charge in [-0.2, -0.15) is 9.90 Å². The fraction of sp³-hybridized carbons (Fsp3) is 0.261. The number of carbonyl (C=O) groups excluding carboxylic acids is 1. The molecule has 2 aromatic heterocycles. The Balaban J connectivity index is 1.27. The van der Waals surface area contributed by atoms with Gasteiger partial charge in [0.25, 0.3) is 11.5 Å². The summed E-state index contributed by atoms with van der Waals surface area (Å²) in [6.45, 7) is 2.54. The fourth-order valence-electron chi connectivity index (χ4n) is 3.99. The van der Waals surface area contributed by atoms with Gasteiger partial charge in [0, 0.05) is 31.9 Å². The van der Waals surface area contributed by atoms with Crippen molar-refractivity contribution in [1.29, 1.82) is 0 Å². The van der Waals surface area contributed by atoms with Crippen molar-refractivity contribution in [1.82, 2.24) is 29.4 Å². The van der Waals surface area contributed by atoms with Crippen LogP contribution in [0.3, 0.4) is 0 Å². The summed E-state index contributed by atoms with van der Waals surface area (Å²) in [5.74, 6) is -0.138. The van der Waals surface area contributed by atoms with Crippen LogP contribution in [0, 0.1) is 0 Å². The van der Waals surface area contributed by atoms with Crippen molar-refractivity contribution < 1.29 is 9.90 Å². The Morgan fingerprint density at radius 2 is 1.79 bits per heavy atom. The molecular weight excluding hydrogens is 422 g/mol. The standard InChI is InChI=1S/C23H23N7O3/c31-13-12-29-16-24-20-14-18(6-7-19(20)22(29)32)27-8-10-28(11-9-27)23(33)21-15-25-30(26-21)17-4-2-1-3-5-17/h1-7,14-16,31H,8-13H2. The van der Waals surface area contributed by atoms with E-state index < -0.39 is 0 Å². The SMILES string of the molecule is O=C(c1cnn(-c2ccccc2)n1)N1CCN(c2ccc3c(=O)n(CCO)cnc3c2)CC1. The number of rotatable bonds is 5. The molecule has 0 aliphatic carbocycles. The van der Waals surface area contributed by atoms with Gasteiger partial charge in [0.2, 0.25) is 0 Å². The number of benzene rings is 2. The molecule has 1 saturated heterocycles. The Kier molecular flexibility index (Phi) is 5.57. The predicted molar refractivity (Wildman–Crippen MR) is 123 cm³/mol. The van der Waals surface area contributed by atoms with Crippen molar-refractivity contribution >= 4 is 22.5 Å². The van der Waals surface area contributed by atoms with E-state index in [1.165, 1.54) is 21.9 Å². The van der Waals surface area contributed by atoms with Gasteiger partial charge in [-0.15, -0.1) is 5.10 Å². The molecule has 33 heavy (non-hydrogen) atoms. The molecule has 0 bridgehead atoms. The molecule has 168 valence electrons. The molecule has 0 spiro atoms. The number of amides is 1. The van der Waals surface area contributed by atoms with E-state index in [1.54, 1.807) is 11.0 Å². The molecule has 4 aromatic rings. The Morgan fingerprint density at radius 1 is 1.00 bits per heavy atom. The van der Waals surface area contributed by atoms with Gasteiger partial charge in [-0.3, -0.25) is 14.2 Å². The van der Waals surface area contributed by atoms with Crippen LogP contribution in [0.2, 0.25) is 0 Å². The number of piperazine rings is 1. The van der Waals surface area contributed by atoms with Crippen molar-refractivity contribution in [3.8, 4) is 5.69 Å². The molecule has 0 saturated carbocycles. The second-order valence-corrected chi connectivity index (χ2v) is 7.80. The molecule has 0 unspecified atom stereocenters. The summed E-state index contributed by atoms with van der Waals surface area (Å²) in [4.78, 5) is 35.2. The van der Waals surface area contributed by atoms with E-state index in [0.717, 1.165) is 11.4 Å². The summed E-state index contributed by atoms with van der Waals surface area (Å²) >= 11 is 0. The monoisotopic (exact) mass is 445 g/mol. The minimum absolute atomic E-state index is 0.114. The highest BCUT2D eigenvalue weighted by Gasteiger charge is 2.24. The first-order valence-corrected chi connectivity index (χ1v) is 10.8. The average Bonchev–Trinajstić information content (AvgIpc) is 3.36. The summed E-state index contributed by atoms with van der Waals surface area (Å²) in [5, 5.41) is 18.2. The van der Waals surface area contributed by atoms with Crippen LogP contribution in [-0.4, -0.2) is 73.2 Å². The molecule has 1 fully saturated rings. The number of aliphatic hydroxyl groups is 1. The van der Waals surface area contributed by atoms with Crippen LogP contribution in [0.5, 0.6) is 0 Å². The van der Waals surface area contributed by atoms with Gasteiger partial charge in [0.05, 0.1) is 42.3 Å². The van der Waals surface area contributed by atoms with Gasteiger partial charge in [-0.05, 0) is 30.3 Å². The third kappa shape index (κ3) is 4.08. The van der Waals surface area contributed by atoms with Gasteiger partial charge in [0.15, 0.2) is 5.69 Å². The van der Waals surface area contributed by atoms with E-state index in [1.807, 2.05) is 42.5 Å². The van der Waals surface area contributed by atoms with Crippen LogP contribution in [0.15, 0.2) is 65.8 Å². The molecule has 0 atom stereocenters. The smallest absolute Gasteiger partial charge is 0.276 e. The van der Waals surface area contributed by atoms with E-state index in [-0.39, 0.29) is 24.6 Å². The highest BCUT2D eigenvalue weighted by Crippen LogP contribution is 2.21. The molecule has 5 rings (SSSR count). The average molecular weight is 445 g/mol. The number of aromatic nitrogens is 5. The van der Waals surface area contributed by atoms with E-state index in [4.69, 9.17) is 5.11 Å². The Bertz CT molecular complexity index is 1340. The molecule has 0 radical (unpaired) electrons. The normalized spacial score (nSPS) is 14.1. The van der Waals surface area contributed by atoms with Crippen molar-refractivity contribution in [3.05, 3.63) is 77.1 Å². The first kappa shape index (κ1) is 20.8. The van der Waals surface area contributed by atoms with E-state index in [2.05, 4.69) is 20.1 Å². The molecule has 1 aliphatic heterocycles. The lowest BCUT2D eigenvalue weighted by Crippen LogP contribution is -2.49. The topological polar surface area (TPSA) is 109 Å². The molecule has 10 heteroatoms. The lowest BCUT2D eigenvalue weighted by Gasteiger charge is -2.35. The van der Waals surface area contributed by atoms with Crippen LogP contribution in [0.25, 0.3) is 16.6 Å². The summed E-state index contributed by atoms with van der Waals surface area (Å²) in [6, 6.07) is 15.0. The third-order valence-electron chi connectivity index (χ3n) is 5.78. The molecule has 3 heterocycles. The van der Waals surface area contributed by atoms with Crippen molar-refractivity contribution in [2.75, 3.05) is 37.7 Å². The zero-order valence-corrected chi connectivity index (χ0v) is 17.9. The van der Waals surface area contributed by atoms with Crippen molar-refractivity contribution in [2.45, 2.75) is 6.54 Å². The van der Waals surface area contributed by atoms with Crippen LogP contribution >= 0.6 is 0 Å². The maximum atomic E-state index is 12.9.